The minimum Gasteiger partial charge on any atom is -0.454 e. The van der Waals surface area contributed by atoms with Crippen LogP contribution in [0.1, 0.15) is 23.5 Å². The number of alkyl halides is 3. The highest BCUT2D eigenvalue weighted by Gasteiger charge is 2.48. The van der Waals surface area contributed by atoms with Crippen molar-refractivity contribution >= 4 is 17.5 Å². The zero-order valence-corrected chi connectivity index (χ0v) is 14.4. The van der Waals surface area contributed by atoms with Gasteiger partial charge in [-0.3, -0.25) is 9.59 Å². The first-order chi connectivity index (χ1) is 14.0. The van der Waals surface area contributed by atoms with E-state index in [1.807, 2.05) is 0 Å². The molecule has 0 bridgehead atoms. The lowest BCUT2D eigenvalue weighted by Gasteiger charge is -2.20. The molecule has 5 nitrogen and oxygen atoms in total. The Bertz CT molecular complexity index is 1070. The van der Waals surface area contributed by atoms with E-state index in [-0.39, 0.29) is 23.0 Å². The molecule has 0 aliphatic carbocycles. The second-order valence-electron chi connectivity index (χ2n) is 6.41. The SMILES string of the molecule is O=C1CC(c2ccc3c(c2)OCO3)C(=O)N1c1c(F)c(F)c(C(F)(F)F)c(F)c1F. The number of benzene rings is 2. The fourth-order valence-corrected chi connectivity index (χ4v) is 3.32. The van der Waals surface area contributed by atoms with Crippen molar-refractivity contribution in [3.05, 3.63) is 52.6 Å². The Labute approximate surface area is 162 Å². The van der Waals surface area contributed by atoms with Crippen molar-refractivity contribution < 1.29 is 49.8 Å². The van der Waals surface area contributed by atoms with Crippen LogP contribution in [0.5, 0.6) is 11.5 Å². The van der Waals surface area contributed by atoms with Crippen LogP contribution >= 0.6 is 0 Å². The van der Waals surface area contributed by atoms with Crippen molar-refractivity contribution in [2.75, 3.05) is 11.7 Å². The number of carbonyl (C=O) groups excluding carboxylic acids is 2. The Morgan fingerprint density at radius 3 is 2.10 bits per heavy atom. The lowest BCUT2D eigenvalue weighted by Crippen LogP contribution is -2.33. The molecule has 2 aromatic rings. The normalized spacial score (nSPS) is 18.5. The van der Waals surface area contributed by atoms with E-state index in [2.05, 4.69) is 0 Å². The Morgan fingerprint density at radius 1 is 0.900 bits per heavy atom. The molecule has 0 N–H and O–H groups in total. The van der Waals surface area contributed by atoms with Crippen molar-refractivity contribution in [1.82, 2.24) is 0 Å². The number of rotatable bonds is 2. The van der Waals surface area contributed by atoms with Crippen molar-refractivity contribution in [3.8, 4) is 11.5 Å². The molecule has 30 heavy (non-hydrogen) atoms. The molecule has 1 unspecified atom stereocenters. The van der Waals surface area contributed by atoms with Crippen molar-refractivity contribution in [3.63, 3.8) is 0 Å². The molecular weight excluding hydrogens is 427 g/mol. The van der Waals surface area contributed by atoms with Crippen LogP contribution in [-0.4, -0.2) is 18.6 Å². The maximum Gasteiger partial charge on any atom is 0.422 e. The van der Waals surface area contributed by atoms with Gasteiger partial charge in [-0.15, -0.1) is 0 Å². The molecule has 0 radical (unpaired) electrons. The summed E-state index contributed by atoms with van der Waals surface area (Å²) < 4.78 is 105. The summed E-state index contributed by atoms with van der Waals surface area (Å²) in [6.07, 6.45) is -6.38. The maximum atomic E-state index is 14.3. The van der Waals surface area contributed by atoms with Gasteiger partial charge in [0.05, 0.1) is 5.92 Å². The molecule has 0 aromatic heterocycles. The summed E-state index contributed by atoms with van der Waals surface area (Å²) in [7, 11) is 0. The zero-order valence-electron chi connectivity index (χ0n) is 14.4. The highest BCUT2D eigenvalue weighted by Crippen LogP contribution is 2.43. The van der Waals surface area contributed by atoms with Crippen LogP contribution < -0.4 is 14.4 Å². The van der Waals surface area contributed by atoms with Gasteiger partial charge >= 0.3 is 6.18 Å². The van der Waals surface area contributed by atoms with Gasteiger partial charge < -0.3 is 9.47 Å². The molecule has 2 heterocycles. The van der Waals surface area contributed by atoms with E-state index in [1.54, 1.807) is 0 Å². The molecular formula is C18H8F7NO4. The minimum atomic E-state index is -5.75. The monoisotopic (exact) mass is 435 g/mol. The van der Waals surface area contributed by atoms with E-state index in [9.17, 15) is 40.3 Å². The third-order valence-corrected chi connectivity index (χ3v) is 4.69. The Balaban J connectivity index is 1.79. The summed E-state index contributed by atoms with van der Waals surface area (Å²) >= 11 is 0. The maximum absolute atomic E-state index is 14.3. The number of anilines is 1. The molecule has 1 saturated heterocycles. The van der Waals surface area contributed by atoms with Gasteiger partial charge in [-0.2, -0.15) is 13.2 Å². The number of carbonyl (C=O) groups is 2. The van der Waals surface area contributed by atoms with Crippen LogP contribution in [0.3, 0.4) is 0 Å². The summed E-state index contributed by atoms with van der Waals surface area (Å²) in [6.45, 7) is -0.0943. The zero-order chi connectivity index (χ0) is 22.0. The van der Waals surface area contributed by atoms with Gasteiger partial charge in [0.25, 0.3) is 0 Å². The molecule has 4 rings (SSSR count). The summed E-state index contributed by atoms with van der Waals surface area (Å²) in [5.74, 6) is -13.8. The molecule has 2 amide bonds. The van der Waals surface area contributed by atoms with Gasteiger partial charge in [0.2, 0.25) is 18.6 Å². The predicted molar refractivity (Wildman–Crippen MR) is 83.7 cm³/mol. The number of hydrogen-bond donors (Lipinski definition) is 0. The molecule has 158 valence electrons. The average molecular weight is 435 g/mol. The molecule has 2 aromatic carbocycles. The molecule has 1 atom stereocenters. The van der Waals surface area contributed by atoms with E-state index in [1.165, 1.54) is 18.2 Å². The van der Waals surface area contributed by atoms with E-state index in [0.29, 0.717) is 5.75 Å². The van der Waals surface area contributed by atoms with Gasteiger partial charge in [-0.25, -0.2) is 22.5 Å². The number of fused-ring (bicyclic) bond motifs is 1. The Kier molecular flexibility index (Phi) is 4.40. The third-order valence-electron chi connectivity index (χ3n) is 4.69. The van der Waals surface area contributed by atoms with E-state index in [4.69, 9.17) is 9.47 Å². The molecule has 12 heteroatoms. The van der Waals surface area contributed by atoms with Crippen molar-refractivity contribution in [2.24, 2.45) is 0 Å². The van der Waals surface area contributed by atoms with Crippen LogP contribution in [0, 0.1) is 23.3 Å². The van der Waals surface area contributed by atoms with Gasteiger partial charge in [0.1, 0.15) is 11.3 Å². The molecule has 2 aliphatic rings. The minimum absolute atomic E-state index is 0.0943. The van der Waals surface area contributed by atoms with E-state index < -0.39 is 64.8 Å². The second kappa shape index (κ2) is 6.61. The lowest BCUT2D eigenvalue weighted by molar-refractivity contribution is -0.143. The summed E-state index contributed by atoms with van der Waals surface area (Å²) in [6, 6.07) is 4.12. The third kappa shape index (κ3) is 2.85. The van der Waals surface area contributed by atoms with Crippen LogP contribution in [0.2, 0.25) is 0 Å². The molecule has 0 saturated carbocycles. The van der Waals surface area contributed by atoms with Crippen LogP contribution in [0.15, 0.2) is 18.2 Å². The number of hydrogen-bond acceptors (Lipinski definition) is 4. The first-order valence-corrected chi connectivity index (χ1v) is 8.21. The van der Waals surface area contributed by atoms with Gasteiger partial charge in [-0.05, 0) is 17.7 Å². The number of amides is 2. The number of nitrogens with zero attached hydrogens (tertiary/aromatic N) is 1. The smallest absolute Gasteiger partial charge is 0.422 e. The molecule has 1 fully saturated rings. The Morgan fingerprint density at radius 2 is 1.50 bits per heavy atom. The van der Waals surface area contributed by atoms with E-state index in [0.717, 1.165) is 0 Å². The number of ether oxygens (including phenoxy) is 2. The quantitative estimate of drug-likeness (QED) is 0.406. The average Bonchev–Trinajstić information content (AvgIpc) is 3.24. The fraction of sp³-hybridized carbons (Fsp3) is 0.222. The van der Waals surface area contributed by atoms with E-state index >= 15 is 0 Å². The van der Waals surface area contributed by atoms with Crippen LogP contribution in [0.4, 0.5) is 36.4 Å². The largest absolute Gasteiger partial charge is 0.454 e. The Hall–Kier alpha value is -3.31. The van der Waals surface area contributed by atoms with Crippen molar-refractivity contribution in [1.29, 1.82) is 0 Å². The fourth-order valence-electron chi connectivity index (χ4n) is 3.32. The van der Waals surface area contributed by atoms with Gasteiger partial charge in [0.15, 0.2) is 34.8 Å². The van der Waals surface area contributed by atoms with Gasteiger partial charge in [-0.1, -0.05) is 6.07 Å². The topological polar surface area (TPSA) is 55.8 Å². The summed E-state index contributed by atoms with van der Waals surface area (Å²) in [4.78, 5) is 24.7. The number of imide groups is 1. The highest BCUT2D eigenvalue weighted by atomic mass is 19.4. The molecule has 2 aliphatic heterocycles. The van der Waals surface area contributed by atoms with Crippen molar-refractivity contribution in [2.45, 2.75) is 18.5 Å². The van der Waals surface area contributed by atoms with Gasteiger partial charge in [0, 0.05) is 6.42 Å². The number of halogens is 7. The first-order valence-electron chi connectivity index (χ1n) is 8.21. The molecule has 0 spiro atoms. The second-order valence-corrected chi connectivity index (χ2v) is 6.41. The van der Waals surface area contributed by atoms with Crippen LogP contribution in [0.25, 0.3) is 0 Å². The summed E-state index contributed by atoms with van der Waals surface area (Å²) in [5, 5.41) is 0. The lowest BCUT2D eigenvalue weighted by atomic mass is 9.97. The standard InChI is InChI=1S/C18H8F7NO4/c19-12-11(18(23,24)25)13(20)15(22)16(14(12)21)26-10(27)4-7(17(26)28)6-1-2-8-9(3-6)30-5-29-8/h1-3,7H,4-5H2. The predicted octanol–water partition coefficient (Wildman–Crippen LogP) is 4.04. The first kappa shape index (κ1) is 20.0. The van der Waals surface area contributed by atoms with Crippen LogP contribution in [-0.2, 0) is 15.8 Å². The summed E-state index contributed by atoms with van der Waals surface area (Å²) in [5.41, 5.74) is -4.46. The highest BCUT2D eigenvalue weighted by molar-refractivity contribution is 6.22.